The van der Waals surface area contributed by atoms with Gasteiger partial charge in [-0.1, -0.05) is 54.2 Å². The van der Waals surface area contributed by atoms with Gasteiger partial charge in [0, 0.05) is 5.69 Å². The van der Waals surface area contributed by atoms with Gasteiger partial charge in [0.05, 0.1) is 21.8 Å². The Balaban J connectivity index is 1.62. The second-order valence-corrected chi connectivity index (χ2v) is 10.4. The predicted molar refractivity (Wildman–Crippen MR) is 145 cm³/mol. The lowest BCUT2D eigenvalue weighted by atomic mass is 10.1. The first-order valence-corrected chi connectivity index (χ1v) is 12.6. The summed E-state index contributed by atoms with van der Waals surface area (Å²) in [5, 5.41) is 12.6. The second-order valence-electron chi connectivity index (χ2n) is 9.08. The molecule has 1 N–H and O–H groups in total. The van der Waals surface area contributed by atoms with Gasteiger partial charge in [0.25, 0.3) is 5.56 Å². The van der Waals surface area contributed by atoms with Crippen LogP contribution in [0.15, 0.2) is 70.6 Å². The van der Waals surface area contributed by atoms with E-state index in [9.17, 15) is 9.59 Å². The highest BCUT2D eigenvalue weighted by molar-refractivity contribution is 8.00. The zero-order valence-electron chi connectivity index (χ0n) is 20.9. The molecule has 7 nitrogen and oxygen atoms in total. The maximum atomic E-state index is 13.6. The quantitative estimate of drug-likeness (QED) is 0.330. The van der Waals surface area contributed by atoms with E-state index in [1.807, 2.05) is 99.7 Å². The van der Waals surface area contributed by atoms with Gasteiger partial charge in [-0.05, 0) is 75.1 Å². The Kier molecular flexibility index (Phi) is 6.14. The lowest BCUT2D eigenvalue weighted by Gasteiger charge is -2.16. The summed E-state index contributed by atoms with van der Waals surface area (Å²) < 4.78 is 3.48. The number of nitrogens with one attached hydrogen (secondary N) is 1. The summed E-state index contributed by atoms with van der Waals surface area (Å²) in [5.74, 6) is 0.290. The first kappa shape index (κ1) is 23.8. The van der Waals surface area contributed by atoms with Gasteiger partial charge in [0.1, 0.15) is 0 Å². The average molecular weight is 498 g/mol. The molecule has 1 atom stereocenters. The number of aromatic nitrogens is 4. The number of fused-ring (bicyclic) bond motifs is 3. The molecular weight excluding hydrogens is 470 g/mol. The predicted octanol–water partition coefficient (Wildman–Crippen LogP) is 5.39. The monoisotopic (exact) mass is 497 g/mol. The van der Waals surface area contributed by atoms with Gasteiger partial charge in [-0.3, -0.25) is 14.0 Å². The number of hydrogen-bond acceptors (Lipinski definition) is 5. The van der Waals surface area contributed by atoms with Crippen LogP contribution in [0.3, 0.4) is 0 Å². The van der Waals surface area contributed by atoms with Crippen LogP contribution in [-0.2, 0) is 4.79 Å². The molecule has 0 spiro atoms. The third-order valence-corrected chi connectivity index (χ3v) is 7.42. The number of nitrogens with zero attached hydrogens (tertiary/aromatic N) is 4. The van der Waals surface area contributed by atoms with Gasteiger partial charge in [0.2, 0.25) is 11.7 Å². The fraction of sp³-hybridized carbons (Fsp3) is 0.214. The van der Waals surface area contributed by atoms with Crippen LogP contribution in [0.5, 0.6) is 0 Å². The van der Waals surface area contributed by atoms with Crippen molar-refractivity contribution in [2.45, 2.75) is 45.0 Å². The Morgan fingerprint density at radius 3 is 2.39 bits per heavy atom. The molecule has 3 aromatic carbocycles. The lowest BCUT2D eigenvalue weighted by molar-refractivity contribution is -0.115. The first-order chi connectivity index (χ1) is 17.3. The zero-order chi connectivity index (χ0) is 25.6. The molecule has 0 aliphatic heterocycles. The number of rotatable bonds is 5. The summed E-state index contributed by atoms with van der Waals surface area (Å²) in [6.07, 6.45) is 0. The van der Waals surface area contributed by atoms with Crippen molar-refractivity contribution >= 4 is 40.0 Å². The number of hydrogen-bond donors (Lipinski definition) is 1. The third-order valence-electron chi connectivity index (χ3n) is 6.38. The Bertz CT molecular complexity index is 1680. The van der Waals surface area contributed by atoms with Gasteiger partial charge in [0.15, 0.2) is 5.16 Å². The van der Waals surface area contributed by atoms with Gasteiger partial charge in [-0.2, -0.15) is 0 Å². The largest absolute Gasteiger partial charge is 0.325 e. The minimum atomic E-state index is -0.448. The van der Waals surface area contributed by atoms with Crippen LogP contribution in [0.25, 0.3) is 22.4 Å². The number of carbonyl (C=O) groups is 1. The topological polar surface area (TPSA) is 81.3 Å². The number of amides is 1. The molecule has 0 aliphatic rings. The molecule has 0 saturated heterocycles. The van der Waals surface area contributed by atoms with Gasteiger partial charge >= 0.3 is 0 Å². The fourth-order valence-corrected chi connectivity index (χ4v) is 5.24. The van der Waals surface area contributed by atoms with Crippen molar-refractivity contribution in [2.75, 3.05) is 5.32 Å². The van der Waals surface area contributed by atoms with Crippen molar-refractivity contribution < 1.29 is 4.79 Å². The number of benzene rings is 3. The van der Waals surface area contributed by atoms with E-state index in [1.54, 1.807) is 4.57 Å². The summed E-state index contributed by atoms with van der Waals surface area (Å²) >= 11 is 1.31. The summed E-state index contributed by atoms with van der Waals surface area (Å²) in [5.41, 5.74) is 6.16. The number of anilines is 1. The maximum absolute atomic E-state index is 13.6. The van der Waals surface area contributed by atoms with Crippen LogP contribution in [-0.4, -0.2) is 30.3 Å². The molecule has 1 amide bonds. The van der Waals surface area contributed by atoms with Gasteiger partial charge in [-0.25, -0.2) is 4.57 Å². The Hall–Kier alpha value is -3.91. The Morgan fingerprint density at radius 2 is 1.64 bits per heavy atom. The van der Waals surface area contributed by atoms with Crippen molar-refractivity contribution in [3.05, 3.63) is 93.3 Å². The highest BCUT2D eigenvalue weighted by Gasteiger charge is 2.23. The van der Waals surface area contributed by atoms with E-state index in [1.165, 1.54) is 11.8 Å². The number of para-hydroxylation sites is 2. The minimum Gasteiger partial charge on any atom is -0.325 e. The molecule has 0 fully saturated rings. The van der Waals surface area contributed by atoms with E-state index in [0.717, 1.165) is 33.6 Å². The standard InChI is InChI=1S/C28H27N5O2S/c1-16-13-14-17(2)23(15-16)32-26(35)21-11-6-7-12-22(21)33-27(32)30-31-28(33)36-20(5)25(34)29-24-18(3)9-8-10-19(24)4/h6-15,20H,1-5H3,(H,29,34). The number of thioether (sulfide) groups is 1. The van der Waals surface area contributed by atoms with Crippen LogP contribution in [0.4, 0.5) is 5.69 Å². The fourth-order valence-electron chi connectivity index (χ4n) is 4.38. The molecule has 182 valence electrons. The summed E-state index contributed by atoms with van der Waals surface area (Å²) in [6, 6.07) is 19.3. The molecule has 2 aromatic heterocycles. The maximum Gasteiger partial charge on any atom is 0.267 e. The molecule has 0 aliphatic carbocycles. The van der Waals surface area contributed by atoms with Crippen LogP contribution in [0.1, 0.15) is 29.2 Å². The van der Waals surface area contributed by atoms with E-state index in [0.29, 0.717) is 21.8 Å². The second kappa shape index (κ2) is 9.28. The minimum absolute atomic E-state index is 0.124. The van der Waals surface area contributed by atoms with Crippen molar-refractivity contribution in [1.82, 2.24) is 19.2 Å². The van der Waals surface area contributed by atoms with Crippen molar-refractivity contribution in [1.29, 1.82) is 0 Å². The molecule has 36 heavy (non-hydrogen) atoms. The molecule has 8 heteroatoms. The zero-order valence-corrected chi connectivity index (χ0v) is 21.7. The Labute approximate surface area is 213 Å². The van der Waals surface area contributed by atoms with Crippen molar-refractivity contribution in [2.24, 2.45) is 0 Å². The van der Waals surface area contributed by atoms with Crippen molar-refractivity contribution in [3.63, 3.8) is 0 Å². The molecule has 0 saturated carbocycles. The van der Waals surface area contributed by atoms with E-state index < -0.39 is 5.25 Å². The number of aryl methyl sites for hydroxylation is 4. The first-order valence-electron chi connectivity index (χ1n) is 11.8. The van der Waals surface area contributed by atoms with Crippen molar-refractivity contribution in [3.8, 4) is 5.69 Å². The van der Waals surface area contributed by atoms with E-state index in [4.69, 9.17) is 0 Å². The SMILES string of the molecule is Cc1ccc(C)c(-n2c(=O)c3ccccc3n3c(SC(C)C(=O)Nc4c(C)cccc4C)nnc23)c1. The Morgan fingerprint density at radius 1 is 0.917 bits per heavy atom. The molecule has 0 bridgehead atoms. The van der Waals surface area contributed by atoms with Crippen LogP contribution < -0.4 is 10.9 Å². The smallest absolute Gasteiger partial charge is 0.267 e. The summed E-state index contributed by atoms with van der Waals surface area (Å²) in [7, 11) is 0. The highest BCUT2D eigenvalue weighted by Crippen LogP contribution is 2.28. The third kappa shape index (κ3) is 4.07. The molecule has 5 rings (SSSR count). The summed E-state index contributed by atoms with van der Waals surface area (Å²) in [4.78, 5) is 26.7. The molecule has 0 radical (unpaired) electrons. The van der Waals surface area contributed by atoms with E-state index in [2.05, 4.69) is 15.5 Å². The average Bonchev–Trinajstić information content (AvgIpc) is 3.27. The molecule has 1 unspecified atom stereocenters. The van der Waals surface area contributed by atoms with Gasteiger partial charge < -0.3 is 5.32 Å². The van der Waals surface area contributed by atoms with Crippen LogP contribution >= 0.6 is 11.8 Å². The molecule has 5 aromatic rings. The summed E-state index contributed by atoms with van der Waals surface area (Å²) in [6.45, 7) is 9.76. The van der Waals surface area contributed by atoms with E-state index in [-0.39, 0.29) is 11.5 Å². The van der Waals surface area contributed by atoms with Crippen LogP contribution in [0.2, 0.25) is 0 Å². The van der Waals surface area contributed by atoms with Crippen LogP contribution in [0, 0.1) is 27.7 Å². The number of carbonyl (C=O) groups excluding carboxylic acids is 1. The lowest BCUT2D eigenvalue weighted by Crippen LogP contribution is -2.24. The highest BCUT2D eigenvalue weighted by atomic mass is 32.2. The normalized spacial score (nSPS) is 12.2. The molecular formula is C28H27N5O2S. The molecule has 2 heterocycles. The van der Waals surface area contributed by atoms with Gasteiger partial charge in [-0.15, -0.1) is 10.2 Å². The van der Waals surface area contributed by atoms with E-state index >= 15 is 0 Å².